The van der Waals surface area contributed by atoms with Gasteiger partial charge >= 0.3 is 11.4 Å². The van der Waals surface area contributed by atoms with E-state index < -0.39 is 37.6 Å². The Morgan fingerprint density at radius 1 is 0.829 bits per heavy atom. The Labute approximate surface area is 197 Å². The lowest BCUT2D eigenvalue weighted by Crippen LogP contribution is -2.02. The second-order valence-corrected chi connectivity index (χ2v) is 7.89. The van der Waals surface area contributed by atoms with E-state index in [0.717, 1.165) is 11.3 Å². The highest BCUT2D eigenvalue weighted by molar-refractivity contribution is 5.65. The van der Waals surface area contributed by atoms with Crippen LogP contribution in [0.2, 0.25) is 0 Å². The van der Waals surface area contributed by atoms with Crippen LogP contribution in [0.5, 0.6) is 5.75 Å². The molecule has 0 spiro atoms. The largest absolute Gasteiger partial charge is 0.497 e. The lowest BCUT2D eigenvalue weighted by atomic mass is 9.90. The van der Waals surface area contributed by atoms with Crippen LogP contribution in [-0.4, -0.2) is 29.3 Å². The van der Waals surface area contributed by atoms with Crippen molar-refractivity contribution in [3.63, 3.8) is 0 Å². The molecule has 0 fully saturated rings. The molecule has 0 saturated carbocycles. The minimum Gasteiger partial charge on any atom is -0.497 e. The molecule has 2 aromatic carbocycles. The normalized spacial score (nSPS) is 12.3. The van der Waals surface area contributed by atoms with Crippen molar-refractivity contribution in [1.82, 2.24) is 9.38 Å². The summed E-state index contributed by atoms with van der Waals surface area (Å²) < 4.78 is 2.08. The third-order valence-corrected chi connectivity index (χ3v) is 5.67. The van der Waals surface area contributed by atoms with E-state index in [9.17, 15) is 30.3 Å². The Hall–Kier alpha value is -4.87. The van der Waals surface area contributed by atoms with E-state index in [2.05, 4.69) is 28.8 Å². The number of pyridine rings is 1. The molecule has 1 N–H and O–H groups in total. The lowest BCUT2D eigenvalue weighted by molar-refractivity contribution is -0.404. The molecule has 0 bridgehead atoms. The first-order chi connectivity index (χ1) is 16.7. The van der Waals surface area contributed by atoms with Gasteiger partial charge in [0, 0.05) is 18.0 Å². The first-order valence-corrected chi connectivity index (χ1v) is 10.6. The Morgan fingerprint density at radius 3 is 2.09 bits per heavy atom. The molecule has 1 aliphatic carbocycles. The Kier molecular flexibility index (Phi) is 6.36. The summed E-state index contributed by atoms with van der Waals surface area (Å²) in [5.41, 5.74) is 3.36. The summed E-state index contributed by atoms with van der Waals surface area (Å²) in [6.45, 7) is 0. The van der Waals surface area contributed by atoms with Gasteiger partial charge in [0.25, 0.3) is 11.4 Å². The SMILES string of the molecule is O=[N+]([O-])c1cc([N+](=O)[O-])c(O)c([N+](=O)[O-])c1.c1ccn2cc(-c3ccc4c(c3)CCCC4)nc2c1. The summed E-state index contributed by atoms with van der Waals surface area (Å²) in [5.74, 6) is -1.21. The number of aromatic hydroxyl groups is 1. The third-order valence-electron chi connectivity index (χ3n) is 5.67. The van der Waals surface area contributed by atoms with Gasteiger partial charge in [-0.1, -0.05) is 18.2 Å². The van der Waals surface area contributed by atoms with Gasteiger partial charge in [0.1, 0.15) is 5.65 Å². The van der Waals surface area contributed by atoms with Crippen LogP contribution >= 0.6 is 0 Å². The number of nitrogens with zero attached hydrogens (tertiary/aromatic N) is 5. The van der Waals surface area contributed by atoms with Crippen molar-refractivity contribution >= 4 is 22.7 Å². The first-order valence-electron chi connectivity index (χ1n) is 10.6. The number of rotatable bonds is 4. The van der Waals surface area contributed by atoms with Crippen molar-refractivity contribution in [1.29, 1.82) is 0 Å². The summed E-state index contributed by atoms with van der Waals surface area (Å²) in [7, 11) is 0. The number of hydrogen-bond acceptors (Lipinski definition) is 8. The number of hydrogen-bond donors (Lipinski definition) is 1. The van der Waals surface area contributed by atoms with Crippen LogP contribution in [0.1, 0.15) is 24.0 Å². The van der Waals surface area contributed by atoms with Gasteiger partial charge in [0.15, 0.2) is 0 Å². The van der Waals surface area contributed by atoms with Gasteiger partial charge in [-0.25, -0.2) is 4.98 Å². The quantitative estimate of drug-likeness (QED) is 0.316. The maximum Gasteiger partial charge on any atom is 0.324 e. The molecule has 2 heterocycles. The topological polar surface area (TPSA) is 167 Å². The average molecular weight is 477 g/mol. The van der Waals surface area contributed by atoms with Gasteiger partial charge < -0.3 is 9.51 Å². The summed E-state index contributed by atoms with van der Waals surface area (Å²) in [4.78, 5) is 32.5. The minimum absolute atomic E-state index is 0.447. The summed E-state index contributed by atoms with van der Waals surface area (Å²) >= 11 is 0. The van der Waals surface area contributed by atoms with E-state index >= 15 is 0 Å². The zero-order valence-electron chi connectivity index (χ0n) is 18.2. The second kappa shape index (κ2) is 9.55. The molecule has 4 aromatic rings. The summed E-state index contributed by atoms with van der Waals surface area (Å²) in [6, 6.07) is 13.8. The van der Waals surface area contributed by atoms with Crippen LogP contribution in [0.25, 0.3) is 16.9 Å². The zero-order chi connectivity index (χ0) is 25.1. The second-order valence-electron chi connectivity index (χ2n) is 7.89. The number of phenols is 1. The number of imidazole rings is 1. The Bertz CT molecular complexity index is 1400. The Balaban J connectivity index is 0.000000168. The number of phenolic OH excluding ortho intramolecular Hbond substituents is 1. The molecule has 12 nitrogen and oxygen atoms in total. The number of aryl methyl sites for hydroxylation is 2. The fourth-order valence-corrected chi connectivity index (χ4v) is 3.94. The van der Waals surface area contributed by atoms with Gasteiger partial charge in [-0.3, -0.25) is 30.3 Å². The standard InChI is InChI=1S/C17H16N2.C6H3N3O7/c1-2-6-14-11-15(9-8-13(14)5-1)16-12-19-10-4-3-7-17(19)18-16;10-6-4(8(13)14)1-3(7(11)12)2-5(6)9(15)16/h3-4,7-12H,1-2,5-6H2;1-2,10H. The van der Waals surface area contributed by atoms with Crippen LogP contribution in [0.4, 0.5) is 17.1 Å². The fourth-order valence-electron chi connectivity index (χ4n) is 3.94. The maximum atomic E-state index is 10.4. The molecule has 5 rings (SSSR count). The van der Waals surface area contributed by atoms with E-state index in [1.807, 2.05) is 24.4 Å². The molecule has 0 amide bonds. The highest BCUT2D eigenvalue weighted by Gasteiger charge is 2.30. The van der Waals surface area contributed by atoms with Crippen LogP contribution in [-0.2, 0) is 12.8 Å². The predicted octanol–water partition coefficient (Wildman–Crippen LogP) is 5.00. The molecular formula is C23H19N5O7. The molecule has 0 atom stereocenters. The van der Waals surface area contributed by atoms with Crippen molar-refractivity contribution in [2.24, 2.45) is 0 Å². The molecule has 178 valence electrons. The van der Waals surface area contributed by atoms with Crippen molar-refractivity contribution < 1.29 is 19.9 Å². The highest BCUT2D eigenvalue weighted by atomic mass is 16.6. The van der Waals surface area contributed by atoms with Crippen LogP contribution in [0, 0.1) is 30.3 Å². The third kappa shape index (κ3) is 4.90. The molecule has 0 radical (unpaired) electrons. The van der Waals surface area contributed by atoms with Crippen molar-refractivity contribution in [2.75, 3.05) is 0 Å². The summed E-state index contributed by atoms with van der Waals surface area (Å²) in [6.07, 6.45) is 9.27. The van der Waals surface area contributed by atoms with E-state index in [1.54, 1.807) is 0 Å². The van der Waals surface area contributed by atoms with Gasteiger partial charge in [-0.15, -0.1) is 0 Å². The average Bonchev–Trinajstić information content (AvgIpc) is 3.28. The van der Waals surface area contributed by atoms with E-state index in [1.165, 1.54) is 42.4 Å². The van der Waals surface area contributed by atoms with Crippen LogP contribution in [0.15, 0.2) is 60.9 Å². The fraction of sp³-hybridized carbons (Fsp3) is 0.174. The van der Waals surface area contributed by atoms with E-state index in [-0.39, 0.29) is 0 Å². The van der Waals surface area contributed by atoms with E-state index in [4.69, 9.17) is 10.1 Å². The molecule has 1 aliphatic rings. The summed E-state index contributed by atoms with van der Waals surface area (Å²) in [5, 5.41) is 40.2. The van der Waals surface area contributed by atoms with Crippen LogP contribution in [0.3, 0.4) is 0 Å². The number of non-ortho nitro benzene ring substituents is 1. The maximum absolute atomic E-state index is 10.4. The van der Waals surface area contributed by atoms with Gasteiger partial charge in [0.05, 0.1) is 32.6 Å². The first kappa shape index (κ1) is 23.3. The Morgan fingerprint density at radius 2 is 1.49 bits per heavy atom. The van der Waals surface area contributed by atoms with Crippen molar-refractivity contribution in [3.05, 3.63) is 102 Å². The lowest BCUT2D eigenvalue weighted by Gasteiger charge is -2.15. The van der Waals surface area contributed by atoms with Gasteiger partial charge in [-0.05, 0) is 55.0 Å². The zero-order valence-corrected chi connectivity index (χ0v) is 18.2. The molecule has 12 heteroatoms. The number of benzene rings is 2. The highest BCUT2D eigenvalue weighted by Crippen LogP contribution is 2.39. The molecule has 2 aromatic heterocycles. The smallest absolute Gasteiger partial charge is 0.324 e. The molecule has 0 saturated heterocycles. The number of nitro groups is 3. The molecule has 0 unspecified atom stereocenters. The molecular weight excluding hydrogens is 458 g/mol. The monoisotopic (exact) mass is 477 g/mol. The van der Waals surface area contributed by atoms with Crippen molar-refractivity contribution in [2.45, 2.75) is 25.7 Å². The van der Waals surface area contributed by atoms with Gasteiger partial charge in [-0.2, -0.15) is 0 Å². The predicted molar refractivity (Wildman–Crippen MR) is 125 cm³/mol. The van der Waals surface area contributed by atoms with Crippen molar-refractivity contribution in [3.8, 4) is 17.0 Å². The van der Waals surface area contributed by atoms with E-state index in [0.29, 0.717) is 12.1 Å². The molecule has 35 heavy (non-hydrogen) atoms. The number of fused-ring (bicyclic) bond motifs is 2. The number of nitro benzene ring substituents is 3. The molecule has 0 aliphatic heterocycles. The van der Waals surface area contributed by atoms with Gasteiger partial charge in [0.2, 0.25) is 0 Å². The number of aromatic nitrogens is 2. The minimum atomic E-state index is -1.21. The van der Waals surface area contributed by atoms with Crippen LogP contribution < -0.4 is 0 Å².